The van der Waals surface area contributed by atoms with Crippen molar-refractivity contribution in [3.8, 4) is 11.1 Å². The minimum Gasteiger partial charge on any atom is -0.375 e. The second-order valence-electron chi connectivity index (χ2n) is 5.70. The SMILES string of the molecule is COCC(=O)NC1CN(C(=O)c2cc(-c3ccccc3)ccn2)C1. The zero-order valence-electron chi connectivity index (χ0n) is 13.4. The molecule has 124 valence electrons. The summed E-state index contributed by atoms with van der Waals surface area (Å²) < 4.78 is 4.77. The van der Waals surface area contributed by atoms with Crippen molar-refractivity contribution in [3.63, 3.8) is 0 Å². The van der Waals surface area contributed by atoms with Gasteiger partial charge in [0.05, 0.1) is 6.04 Å². The number of ether oxygens (including phenoxy) is 1. The molecule has 1 aliphatic heterocycles. The normalized spacial score (nSPS) is 14.1. The van der Waals surface area contributed by atoms with Gasteiger partial charge in [-0.2, -0.15) is 0 Å². The first-order valence-electron chi connectivity index (χ1n) is 7.76. The largest absolute Gasteiger partial charge is 0.375 e. The van der Waals surface area contributed by atoms with Crippen LogP contribution in [0.15, 0.2) is 48.7 Å². The number of hydrogen-bond donors (Lipinski definition) is 1. The molecule has 24 heavy (non-hydrogen) atoms. The van der Waals surface area contributed by atoms with Crippen LogP contribution in [-0.2, 0) is 9.53 Å². The standard InChI is InChI=1S/C18H19N3O3/c1-24-12-17(22)20-15-10-21(11-15)18(23)16-9-14(7-8-19-16)13-5-3-2-4-6-13/h2-9,15H,10-12H2,1H3,(H,20,22). The molecule has 0 atom stereocenters. The average molecular weight is 325 g/mol. The highest BCUT2D eigenvalue weighted by molar-refractivity contribution is 5.94. The van der Waals surface area contributed by atoms with E-state index in [1.807, 2.05) is 36.4 Å². The van der Waals surface area contributed by atoms with Crippen molar-refractivity contribution in [2.45, 2.75) is 6.04 Å². The summed E-state index contributed by atoms with van der Waals surface area (Å²) in [6, 6.07) is 13.5. The summed E-state index contributed by atoms with van der Waals surface area (Å²) >= 11 is 0. The molecule has 1 aromatic carbocycles. The predicted molar refractivity (Wildman–Crippen MR) is 89.4 cm³/mol. The highest BCUT2D eigenvalue weighted by atomic mass is 16.5. The van der Waals surface area contributed by atoms with Crippen LogP contribution in [0.25, 0.3) is 11.1 Å². The fourth-order valence-corrected chi connectivity index (χ4v) is 2.66. The summed E-state index contributed by atoms with van der Waals surface area (Å²) in [5.74, 6) is -0.288. The highest BCUT2D eigenvalue weighted by Crippen LogP contribution is 2.20. The van der Waals surface area contributed by atoms with Gasteiger partial charge in [-0.1, -0.05) is 30.3 Å². The topological polar surface area (TPSA) is 71.5 Å². The van der Waals surface area contributed by atoms with Crippen LogP contribution in [0.2, 0.25) is 0 Å². The van der Waals surface area contributed by atoms with Gasteiger partial charge in [-0.15, -0.1) is 0 Å². The fourth-order valence-electron chi connectivity index (χ4n) is 2.66. The van der Waals surface area contributed by atoms with Crippen molar-refractivity contribution in [1.82, 2.24) is 15.2 Å². The Morgan fingerprint density at radius 3 is 2.67 bits per heavy atom. The molecule has 0 aliphatic carbocycles. The second kappa shape index (κ2) is 7.23. The van der Waals surface area contributed by atoms with Gasteiger partial charge in [0, 0.05) is 26.4 Å². The Morgan fingerprint density at radius 2 is 1.96 bits per heavy atom. The van der Waals surface area contributed by atoms with E-state index in [9.17, 15) is 9.59 Å². The zero-order chi connectivity index (χ0) is 16.9. The van der Waals surface area contributed by atoms with E-state index in [2.05, 4.69) is 10.3 Å². The molecule has 6 heteroatoms. The third kappa shape index (κ3) is 3.60. The molecule has 1 N–H and O–H groups in total. The number of hydrogen-bond acceptors (Lipinski definition) is 4. The summed E-state index contributed by atoms with van der Waals surface area (Å²) in [5.41, 5.74) is 2.42. The van der Waals surface area contributed by atoms with Gasteiger partial charge < -0.3 is 15.0 Å². The number of likely N-dealkylation sites (tertiary alicyclic amines) is 1. The molecule has 3 rings (SSSR count). The quantitative estimate of drug-likeness (QED) is 0.900. The molecule has 0 radical (unpaired) electrons. The van der Waals surface area contributed by atoms with Crippen LogP contribution in [0.5, 0.6) is 0 Å². The maximum atomic E-state index is 12.5. The monoisotopic (exact) mass is 325 g/mol. The van der Waals surface area contributed by atoms with Gasteiger partial charge in [0.1, 0.15) is 12.3 Å². The predicted octanol–water partition coefficient (Wildman–Crippen LogP) is 1.34. The lowest BCUT2D eigenvalue weighted by Crippen LogP contribution is -2.61. The van der Waals surface area contributed by atoms with Crippen molar-refractivity contribution in [2.24, 2.45) is 0 Å². The van der Waals surface area contributed by atoms with Crippen LogP contribution < -0.4 is 5.32 Å². The van der Waals surface area contributed by atoms with Gasteiger partial charge in [-0.25, -0.2) is 0 Å². The molecule has 1 saturated heterocycles. The highest BCUT2D eigenvalue weighted by Gasteiger charge is 2.32. The molecule has 0 bridgehead atoms. The first-order chi connectivity index (χ1) is 11.7. The van der Waals surface area contributed by atoms with Gasteiger partial charge in [0.25, 0.3) is 5.91 Å². The van der Waals surface area contributed by atoms with E-state index in [0.29, 0.717) is 18.8 Å². The summed E-state index contributed by atoms with van der Waals surface area (Å²) in [6.45, 7) is 1.02. The van der Waals surface area contributed by atoms with Gasteiger partial charge in [-0.3, -0.25) is 14.6 Å². The molecule has 0 unspecified atom stereocenters. The minimum atomic E-state index is -0.168. The van der Waals surface area contributed by atoms with Crippen molar-refractivity contribution in [3.05, 3.63) is 54.4 Å². The number of benzene rings is 1. The molecule has 1 aromatic heterocycles. The molecule has 2 aromatic rings. The Balaban J connectivity index is 1.62. The average Bonchev–Trinajstić information content (AvgIpc) is 2.58. The van der Waals surface area contributed by atoms with Crippen molar-refractivity contribution >= 4 is 11.8 Å². The number of pyridine rings is 1. The lowest BCUT2D eigenvalue weighted by Gasteiger charge is -2.39. The molecule has 0 spiro atoms. The molecule has 6 nitrogen and oxygen atoms in total. The second-order valence-corrected chi connectivity index (χ2v) is 5.70. The number of nitrogens with one attached hydrogen (secondary N) is 1. The maximum absolute atomic E-state index is 12.5. The maximum Gasteiger partial charge on any atom is 0.272 e. The third-order valence-corrected chi connectivity index (χ3v) is 3.90. The number of aromatic nitrogens is 1. The van der Waals surface area contributed by atoms with E-state index < -0.39 is 0 Å². The Kier molecular flexibility index (Phi) is 4.86. The van der Waals surface area contributed by atoms with Crippen LogP contribution in [0.4, 0.5) is 0 Å². The van der Waals surface area contributed by atoms with Gasteiger partial charge in [-0.05, 0) is 23.3 Å². The van der Waals surface area contributed by atoms with E-state index in [-0.39, 0.29) is 24.5 Å². The molecule has 1 fully saturated rings. The summed E-state index contributed by atoms with van der Waals surface area (Å²) in [6.07, 6.45) is 1.65. The summed E-state index contributed by atoms with van der Waals surface area (Å²) in [7, 11) is 1.47. The molecule has 2 heterocycles. The molecular formula is C18H19N3O3. The first-order valence-corrected chi connectivity index (χ1v) is 7.76. The first kappa shape index (κ1) is 16.1. The van der Waals surface area contributed by atoms with Crippen LogP contribution >= 0.6 is 0 Å². The Labute approximate surface area is 140 Å². The Morgan fingerprint density at radius 1 is 1.21 bits per heavy atom. The van der Waals surface area contributed by atoms with E-state index in [1.54, 1.807) is 17.2 Å². The summed E-state index contributed by atoms with van der Waals surface area (Å²) in [4.78, 5) is 29.8. The molecular weight excluding hydrogens is 306 g/mol. The van der Waals surface area contributed by atoms with Crippen LogP contribution in [0, 0.1) is 0 Å². The fraction of sp³-hybridized carbons (Fsp3) is 0.278. The number of carbonyl (C=O) groups is 2. The molecule has 1 aliphatic rings. The number of carbonyl (C=O) groups excluding carboxylic acids is 2. The van der Waals surface area contributed by atoms with E-state index in [4.69, 9.17) is 4.74 Å². The number of rotatable bonds is 5. The molecule has 2 amide bonds. The Hall–Kier alpha value is -2.73. The van der Waals surface area contributed by atoms with E-state index in [0.717, 1.165) is 11.1 Å². The van der Waals surface area contributed by atoms with Gasteiger partial charge in [0.2, 0.25) is 5.91 Å². The molecule has 0 saturated carbocycles. The Bertz CT molecular complexity index is 727. The number of nitrogens with zero attached hydrogens (tertiary/aromatic N) is 2. The van der Waals surface area contributed by atoms with Crippen molar-refractivity contribution in [2.75, 3.05) is 26.8 Å². The van der Waals surface area contributed by atoms with E-state index >= 15 is 0 Å². The van der Waals surface area contributed by atoms with E-state index in [1.165, 1.54) is 7.11 Å². The smallest absolute Gasteiger partial charge is 0.272 e. The minimum absolute atomic E-state index is 0.0195. The van der Waals surface area contributed by atoms with Crippen molar-refractivity contribution in [1.29, 1.82) is 0 Å². The number of amides is 2. The van der Waals surface area contributed by atoms with Gasteiger partial charge >= 0.3 is 0 Å². The van der Waals surface area contributed by atoms with Crippen molar-refractivity contribution < 1.29 is 14.3 Å². The summed E-state index contributed by atoms with van der Waals surface area (Å²) in [5, 5.41) is 2.81. The lowest BCUT2D eigenvalue weighted by molar-refractivity contribution is -0.126. The zero-order valence-corrected chi connectivity index (χ0v) is 13.4. The third-order valence-electron chi connectivity index (χ3n) is 3.90. The van der Waals surface area contributed by atoms with Crippen LogP contribution in [0.3, 0.4) is 0 Å². The van der Waals surface area contributed by atoms with Crippen LogP contribution in [0.1, 0.15) is 10.5 Å². The van der Waals surface area contributed by atoms with Gasteiger partial charge in [0.15, 0.2) is 0 Å². The van der Waals surface area contributed by atoms with Crippen LogP contribution in [-0.4, -0.2) is 54.5 Å². The lowest BCUT2D eigenvalue weighted by atomic mass is 10.0. The number of methoxy groups -OCH3 is 1.